The molecule has 0 atom stereocenters. The van der Waals surface area contributed by atoms with Crippen molar-refractivity contribution in [3.63, 3.8) is 0 Å². The Balaban J connectivity index is 3.35. The van der Waals surface area contributed by atoms with Crippen LogP contribution in [0.25, 0.3) is 0 Å². The number of aromatic nitrogens is 1. The van der Waals surface area contributed by atoms with E-state index >= 15 is 0 Å². The van der Waals surface area contributed by atoms with E-state index in [9.17, 15) is 17.6 Å². The molecule has 0 aliphatic carbocycles. The molecule has 0 aliphatic rings. The van der Waals surface area contributed by atoms with Gasteiger partial charge < -0.3 is 0 Å². The first-order valence-electron chi connectivity index (χ1n) is 3.55. The van der Waals surface area contributed by atoms with E-state index in [1.165, 1.54) is 6.07 Å². The largest absolute Gasteiger partial charge is 0.267 e. The third-order valence-electron chi connectivity index (χ3n) is 1.60. The molecule has 0 radical (unpaired) electrons. The Morgan fingerprint density at radius 3 is 2.57 bits per heavy atom. The summed E-state index contributed by atoms with van der Waals surface area (Å²) in [5, 5.41) is 8.23. The molecular formula is C8H4F4N2. The SMILES string of the molecule is N#CCc1c(F)ncc(F)c1C(F)F. The van der Waals surface area contributed by atoms with Gasteiger partial charge in [-0.15, -0.1) is 0 Å². The maximum absolute atomic E-state index is 12.8. The number of alkyl halides is 2. The third-order valence-corrected chi connectivity index (χ3v) is 1.60. The molecule has 0 fully saturated rings. The predicted octanol–water partition coefficient (Wildman–Crippen LogP) is 2.36. The summed E-state index contributed by atoms with van der Waals surface area (Å²) in [5.41, 5.74) is -1.76. The number of rotatable bonds is 2. The zero-order valence-corrected chi connectivity index (χ0v) is 6.77. The zero-order chi connectivity index (χ0) is 10.7. The van der Waals surface area contributed by atoms with Crippen molar-refractivity contribution in [2.45, 2.75) is 12.8 Å². The molecule has 1 aromatic rings. The van der Waals surface area contributed by atoms with Gasteiger partial charge in [-0.25, -0.2) is 18.2 Å². The van der Waals surface area contributed by atoms with Crippen LogP contribution in [-0.4, -0.2) is 4.98 Å². The monoisotopic (exact) mass is 204 g/mol. The number of pyridine rings is 1. The van der Waals surface area contributed by atoms with E-state index in [-0.39, 0.29) is 0 Å². The van der Waals surface area contributed by atoms with Crippen molar-refractivity contribution in [2.24, 2.45) is 0 Å². The zero-order valence-electron chi connectivity index (χ0n) is 6.77. The Morgan fingerprint density at radius 1 is 1.43 bits per heavy atom. The van der Waals surface area contributed by atoms with E-state index in [2.05, 4.69) is 4.98 Å². The van der Waals surface area contributed by atoms with Crippen LogP contribution in [-0.2, 0) is 6.42 Å². The minimum Gasteiger partial charge on any atom is -0.225 e. The van der Waals surface area contributed by atoms with Crippen molar-refractivity contribution in [1.29, 1.82) is 5.26 Å². The molecule has 14 heavy (non-hydrogen) atoms. The Kier molecular flexibility index (Phi) is 3.02. The molecule has 0 unspecified atom stereocenters. The first-order chi connectivity index (χ1) is 6.57. The molecule has 0 amide bonds. The maximum Gasteiger partial charge on any atom is 0.267 e. The fourth-order valence-electron chi connectivity index (χ4n) is 0.999. The Morgan fingerprint density at radius 2 is 2.07 bits per heavy atom. The van der Waals surface area contributed by atoms with E-state index in [1.54, 1.807) is 0 Å². The summed E-state index contributed by atoms with van der Waals surface area (Å²) in [4.78, 5) is 2.91. The van der Waals surface area contributed by atoms with Gasteiger partial charge in [-0.3, -0.25) is 0 Å². The van der Waals surface area contributed by atoms with Crippen LogP contribution in [0.5, 0.6) is 0 Å². The van der Waals surface area contributed by atoms with E-state index in [0.717, 1.165) is 0 Å². The number of halogens is 4. The summed E-state index contributed by atoms with van der Waals surface area (Å²) in [7, 11) is 0. The van der Waals surface area contributed by atoms with Gasteiger partial charge in [0.2, 0.25) is 5.95 Å². The Bertz CT molecular complexity index is 384. The van der Waals surface area contributed by atoms with Gasteiger partial charge in [-0.1, -0.05) is 0 Å². The van der Waals surface area contributed by atoms with Gasteiger partial charge in [0.05, 0.1) is 24.3 Å². The van der Waals surface area contributed by atoms with Gasteiger partial charge in [-0.2, -0.15) is 9.65 Å². The lowest BCUT2D eigenvalue weighted by Crippen LogP contribution is -2.04. The highest BCUT2D eigenvalue weighted by Gasteiger charge is 2.22. The van der Waals surface area contributed by atoms with Gasteiger partial charge in [-0.05, 0) is 0 Å². The molecule has 0 spiro atoms. The minimum atomic E-state index is -3.16. The molecule has 0 saturated heterocycles. The molecule has 0 aliphatic heterocycles. The normalized spacial score (nSPS) is 10.3. The fourth-order valence-corrected chi connectivity index (χ4v) is 0.999. The first kappa shape index (κ1) is 10.4. The second kappa shape index (κ2) is 4.05. The van der Waals surface area contributed by atoms with Crippen LogP contribution >= 0.6 is 0 Å². The molecule has 1 heterocycles. The van der Waals surface area contributed by atoms with Gasteiger partial charge in [0.1, 0.15) is 0 Å². The van der Waals surface area contributed by atoms with Crippen LogP contribution in [0.1, 0.15) is 17.6 Å². The minimum absolute atomic E-state index is 0.373. The molecule has 74 valence electrons. The second-order valence-electron chi connectivity index (χ2n) is 2.42. The van der Waals surface area contributed by atoms with Crippen molar-refractivity contribution in [3.8, 4) is 6.07 Å². The number of hydrogen-bond donors (Lipinski definition) is 0. The van der Waals surface area contributed by atoms with Crippen LogP contribution in [0.4, 0.5) is 17.6 Å². The number of hydrogen-bond acceptors (Lipinski definition) is 2. The van der Waals surface area contributed by atoms with Crippen molar-refractivity contribution in [2.75, 3.05) is 0 Å². The first-order valence-corrected chi connectivity index (χ1v) is 3.55. The highest BCUT2D eigenvalue weighted by atomic mass is 19.3. The highest BCUT2D eigenvalue weighted by Crippen LogP contribution is 2.26. The summed E-state index contributed by atoms with van der Waals surface area (Å²) in [6, 6.07) is 1.47. The summed E-state index contributed by atoms with van der Waals surface area (Å²) < 4.78 is 50.1. The van der Waals surface area contributed by atoms with Crippen molar-refractivity contribution >= 4 is 0 Å². The summed E-state index contributed by atoms with van der Waals surface area (Å²) in [6.45, 7) is 0. The lowest BCUT2D eigenvalue weighted by Gasteiger charge is -2.06. The molecule has 1 rings (SSSR count). The lowest BCUT2D eigenvalue weighted by molar-refractivity contribution is 0.144. The molecule has 0 saturated carbocycles. The van der Waals surface area contributed by atoms with Gasteiger partial charge in [0.15, 0.2) is 5.82 Å². The average Bonchev–Trinajstić information content (AvgIpc) is 2.11. The molecule has 0 aromatic carbocycles. The van der Waals surface area contributed by atoms with Crippen LogP contribution in [0.15, 0.2) is 6.20 Å². The molecule has 1 aromatic heterocycles. The lowest BCUT2D eigenvalue weighted by atomic mass is 10.1. The summed E-state index contributed by atoms with van der Waals surface area (Å²) in [5.74, 6) is -2.53. The smallest absolute Gasteiger partial charge is 0.225 e. The molecule has 0 bridgehead atoms. The highest BCUT2D eigenvalue weighted by molar-refractivity contribution is 5.29. The fraction of sp³-hybridized carbons (Fsp3) is 0.250. The average molecular weight is 204 g/mol. The van der Waals surface area contributed by atoms with Crippen molar-refractivity contribution in [3.05, 3.63) is 29.1 Å². The molecular weight excluding hydrogens is 200 g/mol. The standard InChI is InChI=1S/C8H4F4N2/c9-5-3-14-8(12)4(1-2-13)6(5)7(10)11/h3,7H,1H2. The van der Waals surface area contributed by atoms with Crippen LogP contribution in [0.3, 0.4) is 0 Å². The Labute approximate surface area is 76.8 Å². The van der Waals surface area contributed by atoms with Crippen molar-refractivity contribution in [1.82, 2.24) is 4.98 Å². The number of nitrogens with zero attached hydrogens (tertiary/aromatic N) is 2. The van der Waals surface area contributed by atoms with E-state index in [1.807, 2.05) is 0 Å². The molecule has 6 heteroatoms. The van der Waals surface area contributed by atoms with E-state index < -0.39 is 35.7 Å². The molecule has 2 nitrogen and oxygen atoms in total. The van der Waals surface area contributed by atoms with Gasteiger partial charge in [0, 0.05) is 5.56 Å². The molecule has 0 N–H and O–H groups in total. The van der Waals surface area contributed by atoms with Crippen LogP contribution in [0.2, 0.25) is 0 Å². The summed E-state index contributed by atoms with van der Waals surface area (Å²) in [6.07, 6.45) is -3.41. The quantitative estimate of drug-likeness (QED) is 0.547. The predicted molar refractivity (Wildman–Crippen MR) is 38.4 cm³/mol. The number of nitriles is 1. The van der Waals surface area contributed by atoms with E-state index in [0.29, 0.717) is 6.20 Å². The topological polar surface area (TPSA) is 36.7 Å². The second-order valence-corrected chi connectivity index (χ2v) is 2.42. The maximum atomic E-state index is 12.8. The van der Waals surface area contributed by atoms with Gasteiger partial charge in [0.25, 0.3) is 6.43 Å². The summed E-state index contributed by atoms with van der Waals surface area (Å²) >= 11 is 0. The van der Waals surface area contributed by atoms with Crippen LogP contribution in [0, 0.1) is 23.1 Å². The van der Waals surface area contributed by atoms with E-state index in [4.69, 9.17) is 5.26 Å². The Hall–Kier alpha value is -1.64. The van der Waals surface area contributed by atoms with Crippen LogP contribution < -0.4 is 0 Å². The van der Waals surface area contributed by atoms with Crippen molar-refractivity contribution < 1.29 is 17.6 Å². The van der Waals surface area contributed by atoms with Gasteiger partial charge >= 0.3 is 0 Å². The third kappa shape index (κ3) is 1.82.